The number of nitrogens with two attached hydrogens (primary N) is 2. The van der Waals surface area contributed by atoms with E-state index in [9.17, 15) is 0 Å². The van der Waals surface area contributed by atoms with Crippen molar-refractivity contribution in [2.45, 2.75) is 20.0 Å². The second-order valence-electron chi connectivity index (χ2n) is 3.99. The second-order valence-corrected chi connectivity index (χ2v) is 3.99. The molecule has 1 aromatic heterocycles. The highest BCUT2D eigenvalue weighted by molar-refractivity contribution is 5.37. The number of nitrogens with zero attached hydrogens (tertiary/aromatic N) is 2. The smallest absolute Gasteiger partial charge is 0.0964 e. The lowest BCUT2D eigenvalue weighted by molar-refractivity contribution is 0.681. The van der Waals surface area contributed by atoms with E-state index >= 15 is 0 Å². The lowest BCUT2D eigenvalue weighted by Crippen LogP contribution is -2.24. The van der Waals surface area contributed by atoms with Crippen LogP contribution in [0.15, 0.2) is 30.5 Å². The summed E-state index contributed by atoms with van der Waals surface area (Å²) in [5.74, 6) is 0. The Kier molecular flexibility index (Phi) is 2.77. The fourth-order valence-electron chi connectivity index (χ4n) is 1.74. The first-order valence-electron chi connectivity index (χ1n) is 5.22. The number of rotatable bonds is 2. The predicted molar refractivity (Wildman–Crippen MR) is 64.2 cm³/mol. The molecule has 0 bridgehead atoms. The predicted octanol–water partition coefficient (Wildman–Crippen LogP) is 1.41. The summed E-state index contributed by atoms with van der Waals surface area (Å²) in [6, 6.07) is 8.09. The Morgan fingerprint density at radius 1 is 1.12 bits per heavy atom. The normalized spacial score (nSPS) is 11.1. The minimum Gasteiger partial charge on any atom is -0.311 e. The highest BCUT2D eigenvalue weighted by atomic mass is 15.3. The van der Waals surface area contributed by atoms with Gasteiger partial charge in [0.15, 0.2) is 0 Å². The van der Waals surface area contributed by atoms with E-state index in [1.165, 1.54) is 5.56 Å². The maximum absolute atomic E-state index is 5.74. The minimum atomic E-state index is -0.510. The van der Waals surface area contributed by atoms with Gasteiger partial charge in [-0.05, 0) is 31.5 Å². The van der Waals surface area contributed by atoms with E-state index < -0.39 is 6.17 Å². The molecule has 4 heteroatoms. The molecule has 4 nitrogen and oxygen atoms in total. The van der Waals surface area contributed by atoms with Gasteiger partial charge in [-0.2, -0.15) is 5.10 Å². The van der Waals surface area contributed by atoms with Crippen LogP contribution in [0.2, 0.25) is 0 Å². The fourth-order valence-corrected chi connectivity index (χ4v) is 1.74. The number of benzene rings is 1. The van der Waals surface area contributed by atoms with E-state index in [-0.39, 0.29) is 0 Å². The monoisotopic (exact) mass is 216 g/mol. The molecular weight excluding hydrogens is 200 g/mol. The van der Waals surface area contributed by atoms with Crippen molar-refractivity contribution in [2.75, 3.05) is 0 Å². The van der Waals surface area contributed by atoms with Crippen LogP contribution in [-0.2, 0) is 0 Å². The van der Waals surface area contributed by atoms with Crippen molar-refractivity contribution in [1.82, 2.24) is 9.78 Å². The molecule has 1 aromatic carbocycles. The van der Waals surface area contributed by atoms with Crippen LogP contribution in [0.3, 0.4) is 0 Å². The van der Waals surface area contributed by atoms with Crippen LogP contribution >= 0.6 is 0 Å². The van der Waals surface area contributed by atoms with Crippen molar-refractivity contribution in [3.63, 3.8) is 0 Å². The standard InChI is InChI=1S/C12H16N4/c1-8-3-5-10(6-4-8)16-11(12(13)14)9(2)7-15-16/h3-7,12H,13-14H2,1-2H3. The molecule has 0 atom stereocenters. The van der Waals surface area contributed by atoms with Crippen molar-refractivity contribution in [3.05, 3.63) is 47.3 Å². The van der Waals surface area contributed by atoms with Crippen molar-refractivity contribution >= 4 is 0 Å². The van der Waals surface area contributed by atoms with Gasteiger partial charge in [0, 0.05) is 0 Å². The van der Waals surface area contributed by atoms with Gasteiger partial charge >= 0.3 is 0 Å². The molecular formula is C12H16N4. The summed E-state index contributed by atoms with van der Waals surface area (Å²) in [7, 11) is 0. The van der Waals surface area contributed by atoms with Crippen molar-refractivity contribution in [1.29, 1.82) is 0 Å². The third-order valence-corrected chi connectivity index (χ3v) is 2.59. The van der Waals surface area contributed by atoms with Gasteiger partial charge in [-0.25, -0.2) is 4.68 Å². The van der Waals surface area contributed by atoms with E-state index in [2.05, 4.69) is 5.10 Å². The zero-order valence-corrected chi connectivity index (χ0v) is 9.51. The highest BCUT2D eigenvalue weighted by Gasteiger charge is 2.12. The Hall–Kier alpha value is -1.65. The summed E-state index contributed by atoms with van der Waals surface area (Å²) < 4.78 is 1.79. The molecule has 1 heterocycles. The van der Waals surface area contributed by atoms with E-state index in [0.29, 0.717) is 0 Å². The van der Waals surface area contributed by atoms with Crippen molar-refractivity contribution in [3.8, 4) is 5.69 Å². The Bertz CT molecular complexity index is 482. The largest absolute Gasteiger partial charge is 0.311 e. The number of aromatic nitrogens is 2. The van der Waals surface area contributed by atoms with E-state index in [1.807, 2.05) is 38.1 Å². The number of hydrogen-bond acceptors (Lipinski definition) is 3. The maximum Gasteiger partial charge on any atom is 0.0964 e. The van der Waals surface area contributed by atoms with Gasteiger partial charge in [0.25, 0.3) is 0 Å². The lowest BCUT2D eigenvalue weighted by Gasteiger charge is -2.11. The Morgan fingerprint density at radius 3 is 2.31 bits per heavy atom. The molecule has 0 spiro atoms. The van der Waals surface area contributed by atoms with Crippen LogP contribution in [0, 0.1) is 13.8 Å². The molecule has 4 N–H and O–H groups in total. The molecule has 2 rings (SSSR count). The van der Waals surface area contributed by atoms with Gasteiger partial charge in [0.05, 0.1) is 23.7 Å². The second kappa shape index (κ2) is 4.08. The van der Waals surface area contributed by atoms with Crippen LogP contribution in [0.4, 0.5) is 0 Å². The summed E-state index contributed by atoms with van der Waals surface area (Å²) in [5.41, 5.74) is 15.5. The first-order valence-corrected chi connectivity index (χ1v) is 5.22. The fraction of sp³-hybridized carbons (Fsp3) is 0.250. The van der Waals surface area contributed by atoms with Gasteiger partial charge in [-0.1, -0.05) is 17.7 Å². The van der Waals surface area contributed by atoms with Crippen LogP contribution in [0.25, 0.3) is 5.69 Å². The van der Waals surface area contributed by atoms with Crippen LogP contribution in [0.1, 0.15) is 23.0 Å². The Labute approximate surface area is 94.9 Å². The van der Waals surface area contributed by atoms with Gasteiger partial charge in [0.2, 0.25) is 0 Å². The molecule has 0 aliphatic carbocycles. The third kappa shape index (κ3) is 1.85. The van der Waals surface area contributed by atoms with Crippen LogP contribution < -0.4 is 11.5 Å². The molecule has 0 aliphatic heterocycles. The van der Waals surface area contributed by atoms with E-state index in [0.717, 1.165) is 16.9 Å². The molecule has 0 saturated heterocycles. The average molecular weight is 216 g/mol. The summed E-state index contributed by atoms with van der Waals surface area (Å²) >= 11 is 0. The molecule has 0 unspecified atom stereocenters. The van der Waals surface area contributed by atoms with E-state index in [4.69, 9.17) is 11.5 Å². The van der Waals surface area contributed by atoms with Gasteiger partial charge in [0.1, 0.15) is 0 Å². The molecule has 0 radical (unpaired) electrons. The maximum atomic E-state index is 5.74. The molecule has 84 valence electrons. The Balaban J connectivity index is 2.52. The summed E-state index contributed by atoms with van der Waals surface area (Å²) in [5, 5.41) is 4.29. The zero-order chi connectivity index (χ0) is 11.7. The van der Waals surface area contributed by atoms with Crippen LogP contribution in [-0.4, -0.2) is 9.78 Å². The average Bonchev–Trinajstić information content (AvgIpc) is 2.61. The Morgan fingerprint density at radius 2 is 1.75 bits per heavy atom. The quantitative estimate of drug-likeness (QED) is 0.745. The number of hydrogen-bond donors (Lipinski definition) is 2. The topological polar surface area (TPSA) is 69.9 Å². The summed E-state index contributed by atoms with van der Waals surface area (Å²) in [6.07, 6.45) is 1.27. The molecule has 0 saturated carbocycles. The zero-order valence-electron chi connectivity index (χ0n) is 9.51. The van der Waals surface area contributed by atoms with Crippen molar-refractivity contribution in [2.24, 2.45) is 11.5 Å². The first kappa shape index (κ1) is 10.9. The SMILES string of the molecule is Cc1ccc(-n2ncc(C)c2C(N)N)cc1. The van der Waals surface area contributed by atoms with Gasteiger partial charge in [-0.3, -0.25) is 0 Å². The third-order valence-electron chi connectivity index (χ3n) is 2.59. The number of aryl methyl sites for hydroxylation is 2. The molecule has 2 aromatic rings. The lowest BCUT2D eigenvalue weighted by atomic mass is 10.2. The summed E-state index contributed by atoms with van der Waals surface area (Å²) in [6.45, 7) is 4.01. The molecule has 0 fully saturated rings. The molecule has 16 heavy (non-hydrogen) atoms. The molecule has 0 amide bonds. The minimum absolute atomic E-state index is 0.510. The first-order chi connectivity index (χ1) is 7.59. The van der Waals surface area contributed by atoms with Gasteiger partial charge in [-0.15, -0.1) is 0 Å². The van der Waals surface area contributed by atoms with E-state index in [1.54, 1.807) is 10.9 Å². The van der Waals surface area contributed by atoms with Gasteiger partial charge < -0.3 is 11.5 Å². The molecule has 0 aliphatic rings. The highest BCUT2D eigenvalue weighted by Crippen LogP contribution is 2.17. The van der Waals surface area contributed by atoms with Crippen molar-refractivity contribution < 1.29 is 0 Å². The van der Waals surface area contributed by atoms with Crippen LogP contribution in [0.5, 0.6) is 0 Å². The summed E-state index contributed by atoms with van der Waals surface area (Å²) in [4.78, 5) is 0.